The Morgan fingerprint density at radius 1 is 1.27 bits per heavy atom. The first-order valence-electron chi connectivity index (χ1n) is 4.75. The zero-order valence-electron chi connectivity index (χ0n) is 8.47. The van der Waals surface area contributed by atoms with E-state index in [4.69, 9.17) is 0 Å². The molecule has 0 saturated heterocycles. The fourth-order valence-corrected chi connectivity index (χ4v) is 1.76. The Hall–Kier alpha value is -1.49. The molecule has 0 aliphatic rings. The lowest BCUT2D eigenvalue weighted by molar-refractivity contribution is 0.966. The van der Waals surface area contributed by atoms with Crippen LogP contribution in [-0.2, 0) is 6.42 Å². The minimum atomic E-state index is 0.678. The monoisotopic (exact) mass is 220 g/mol. The van der Waals surface area contributed by atoms with Crippen LogP contribution in [0.5, 0.6) is 0 Å². The fourth-order valence-electron chi connectivity index (χ4n) is 1.14. The molecule has 0 aliphatic heterocycles. The van der Waals surface area contributed by atoms with Gasteiger partial charge in [-0.25, -0.2) is 15.0 Å². The molecule has 0 unspecified atom stereocenters. The van der Waals surface area contributed by atoms with Crippen molar-refractivity contribution < 1.29 is 0 Å². The van der Waals surface area contributed by atoms with Gasteiger partial charge in [-0.15, -0.1) is 11.3 Å². The second-order valence-electron chi connectivity index (χ2n) is 3.19. The number of aryl methyl sites for hydroxylation is 1. The average Bonchev–Trinajstić information content (AvgIpc) is 2.74. The molecule has 15 heavy (non-hydrogen) atoms. The van der Waals surface area contributed by atoms with Crippen LogP contribution in [0.15, 0.2) is 24.0 Å². The Bertz CT molecular complexity index is 396. The summed E-state index contributed by atoms with van der Waals surface area (Å²) >= 11 is 1.67. The maximum absolute atomic E-state index is 4.20. The third-order valence-electron chi connectivity index (χ3n) is 1.89. The van der Waals surface area contributed by atoms with E-state index in [1.54, 1.807) is 23.7 Å². The van der Waals surface area contributed by atoms with Crippen LogP contribution in [0.2, 0.25) is 0 Å². The van der Waals surface area contributed by atoms with E-state index in [0.29, 0.717) is 5.95 Å². The molecule has 0 spiro atoms. The average molecular weight is 220 g/mol. The van der Waals surface area contributed by atoms with Crippen LogP contribution in [0.25, 0.3) is 0 Å². The van der Waals surface area contributed by atoms with Crippen LogP contribution < -0.4 is 5.32 Å². The minimum Gasteiger partial charge on any atom is -0.354 e. The highest BCUT2D eigenvalue weighted by atomic mass is 32.1. The highest BCUT2D eigenvalue weighted by molar-refractivity contribution is 7.09. The van der Waals surface area contributed by atoms with Crippen LogP contribution in [0.4, 0.5) is 5.95 Å². The van der Waals surface area contributed by atoms with Crippen LogP contribution in [-0.4, -0.2) is 21.5 Å². The first kappa shape index (κ1) is 10.0. The fraction of sp³-hybridized carbons (Fsp3) is 0.300. The summed E-state index contributed by atoms with van der Waals surface area (Å²) < 4.78 is 0. The van der Waals surface area contributed by atoms with Crippen molar-refractivity contribution >= 4 is 17.3 Å². The lowest BCUT2D eigenvalue weighted by atomic mass is 10.4. The number of hydrogen-bond donors (Lipinski definition) is 1. The third kappa shape index (κ3) is 2.99. The van der Waals surface area contributed by atoms with E-state index in [9.17, 15) is 0 Å². The first-order chi connectivity index (χ1) is 7.34. The predicted octanol–water partition coefficient (Wildman–Crippen LogP) is 1.90. The lowest BCUT2D eigenvalue weighted by Gasteiger charge is -2.02. The molecule has 2 aromatic rings. The Labute approximate surface area is 92.4 Å². The van der Waals surface area contributed by atoms with Gasteiger partial charge in [-0.2, -0.15) is 0 Å². The van der Waals surface area contributed by atoms with Crippen molar-refractivity contribution in [2.75, 3.05) is 11.9 Å². The molecule has 2 heterocycles. The first-order valence-corrected chi connectivity index (χ1v) is 5.63. The molecule has 0 bridgehead atoms. The van der Waals surface area contributed by atoms with Crippen molar-refractivity contribution in [2.24, 2.45) is 0 Å². The van der Waals surface area contributed by atoms with E-state index in [2.05, 4.69) is 20.3 Å². The van der Waals surface area contributed by atoms with Gasteiger partial charge < -0.3 is 5.32 Å². The van der Waals surface area contributed by atoms with E-state index in [1.165, 1.54) is 0 Å². The van der Waals surface area contributed by atoms with E-state index in [-0.39, 0.29) is 0 Å². The van der Waals surface area contributed by atoms with Crippen LogP contribution in [0.3, 0.4) is 0 Å². The van der Waals surface area contributed by atoms with Crippen molar-refractivity contribution in [3.63, 3.8) is 0 Å². The van der Waals surface area contributed by atoms with Gasteiger partial charge in [0.05, 0.1) is 5.01 Å². The predicted molar refractivity (Wildman–Crippen MR) is 61.1 cm³/mol. The number of aromatic nitrogens is 3. The number of rotatable bonds is 4. The van der Waals surface area contributed by atoms with Gasteiger partial charge in [0.15, 0.2) is 0 Å². The number of nitrogens with zero attached hydrogens (tertiary/aromatic N) is 3. The van der Waals surface area contributed by atoms with Gasteiger partial charge in [-0.05, 0) is 12.5 Å². The molecule has 0 aromatic carbocycles. The Balaban J connectivity index is 1.81. The zero-order valence-corrected chi connectivity index (χ0v) is 9.29. The molecule has 1 N–H and O–H groups in total. The molecule has 0 atom stereocenters. The molecule has 0 aliphatic carbocycles. The molecular weight excluding hydrogens is 208 g/mol. The quantitative estimate of drug-likeness (QED) is 0.855. The SMILES string of the molecule is Cc1cnc(NCCc2nccs2)nc1. The summed E-state index contributed by atoms with van der Waals surface area (Å²) in [4.78, 5) is 12.5. The summed E-state index contributed by atoms with van der Waals surface area (Å²) in [5.74, 6) is 0.678. The smallest absolute Gasteiger partial charge is 0.222 e. The summed E-state index contributed by atoms with van der Waals surface area (Å²) in [5, 5.41) is 6.27. The molecule has 0 fully saturated rings. The molecule has 0 saturated carbocycles. The van der Waals surface area contributed by atoms with Gasteiger partial charge in [-0.3, -0.25) is 0 Å². The van der Waals surface area contributed by atoms with Crippen molar-refractivity contribution in [2.45, 2.75) is 13.3 Å². The Kier molecular flexibility index (Phi) is 3.24. The van der Waals surface area contributed by atoms with E-state index < -0.39 is 0 Å². The summed E-state index contributed by atoms with van der Waals surface area (Å²) in [5.41, 5.74) is 1.07. The number of nitrogens with one attached hydrogen (secondary N) is 1. The summed E-state index contributed by atoms with van der Waals surface area (Å²) in [7, 11) is 0. The molecule has 2 rings (SSSR count). The molecule has 78 valence electrons. The maximum atomic E-state index is 4.20. The third-order valence-corrected chi connectivity index (χ3v) is 2.73. The number of hydrogen-bond acceptors (Lipinski definition) is 5. The van der Waals surface area contributed by atoms with Gasteiger partial charge in [0.25, 0.3) is 0 Å². The largest absolute Gasteiger partial charge is 0.354 e. The summed E-state index contributed by atoms with van der Waals surface area (Å²) in [6.45, 7) is 2.79. The molecule has 4 nitrogen and oxygen atoms in total. The van der Waals surface area contributed by atoms with Crippen molar-refractivity contribution in [3.8, 4) is 0 Å². The Morgan fingerprint density at radius 3 is 2.73 bits per heavy atom. The van der Waals surface area contributed by atoms with Crippen LogP contribution in [0, 0.1) is 6.92 Å². The number of thiazole rings is 1. The van der Waals surface area contributed by atoms with Crippen molar-refractivity contribution in [1.82, 2.24) is 15.0 Å². The second kappa shape index (κ2) is 4.84. The standard InChI is InChI=1S/C10H12N4S/c1-8-6-13-10(14-7-8)12-3-2-9-11-4-5-15-9/h4-7H,2-3H2,1H3,(H,12,13,14). The highest BCUT2D eigenvalue weighted by Crippen LogP contribution is 2.05. The number of anilines is 1. The second-order valence-corrected chi connectivity index (χ2v) is 4.17. The molecule has 0 radical (unpaired) electrons. The molecule has 0 amide bonds. The van der Waals surface area contributed by atoms with Gasteiger partial charge in [0, 0.05) is 36.9 Å². The highest BCUT2D eigenvalue weighted by Gasteiger charge is 1.97. The summed E-state index contributed by atoms with van der Waals surface area (Å²) in [6.07, 6.45) is 6.34. The molecule has 5 heteroatoms. The van der Waals surface area contributed by atoms with E-state index >= 15 is 0 Å². The van der Waals surface area contributed by atoms with Crippen molar-refractivity contribution in [3.05, 3.63) is 34.5 Å². The Morgan fingerprint density at radius 2 is 2.07 bits per heavy atom. The van der Waals surface area contributed by atoms with E-state index in [0.717, 1.165) is 23.5 Å². The van der Waals surface area contributed by atoms with Gasteiger partial charge in [-0.1, -0.05) is 0 Å². The van der Waals surface area contributed by atoms with Crippen LogP contribution >= 0.6 is 11.3 Å². The van der Waals surface area contributed by atoms with Gasteiger partial charge in [0.2, 0.25) is 5.95 Å². The van der Waals surface area contributed by atoms with Gasteiger partial charge in [0.1, 0.15) is 0 Å². The normalized spacial score (nSPS) is 10.2. The van der Waals surface area contributed by atoms with E-state index in [1.807, 2.05) is 18.5 Å². The van der Waals surface area contributed by atoms with Crippen LogP contribution in [0.1, 0.15) is 10.6 Å². The lowest BCUT2D eigenvalue weighted by Crippen LogP contribution is -2.07. The zero-order chi connectivity index (χ0) is 10.5. The molecule has 2 aromatic heterocycles. The molecular formula is C10H12N4S. The minimum absolute atomic E-state index is 0.678. The summed E-state index contributed by atoms with van der Waals surface area (Å²) in [6, 6.07) is 0. The van der Waals surface area contributed by atoms with Crippen molar-refractivity contribution in [1.29, 1.82) is 0 Å². The van der Waals surface area contributed by atoms with Gasteiger partial charge >= 0.3 is 0 Å². The topological polar surface area (TPSA) is 50.7 Å². The maximum Gasteiger partial charge on any atom is 0.222 e.